The third-order valence-corrected chi connectivity index (χ3v) is 7.23. The Morgan fingerprint density at radius 1 is 1.25 bits per heavy atom. The Morgan fingerprint density at radius 3 is 2.75 bits per heavy atom. The normalized spacial score (nSPS) is 41.1. The van der Waals surface area contributed by atoms with Crippen LogP contribution in [0, 0.1) is 17.3 Å². The van der Waals surface area contributed by atoms with Crippen LogP contribution in [0.25, 0.3) is 0 Å². The fourth-order valence-corrected chi connectivity index (χ4v) is 5.63. The topological polar surface area (TPSA) is 32.8 Å². The number of ether oxygens (including phenoxy) is 1. The molecule has 0 aromatic heterocycles. The SMILES string of the molecule is CC1=C2C[C@@H]3C(CN4CCN(C)CC4)C(=O)O[C@@H]3C[C@@]2(C)CCC1. The summed E-state index contributed by atoms with van der Waals surface area (Å²) in [5.41, 5.74) is 3.54. The van der Waals surface area contributed by atoms with E-state index in [2.05, 4.69) is 30.7 Å². The average Bonchev–Trinajstić information content (AvgIpc) is 2.82. The summed E-state index contributed by atoms with van der Waals surface area (Å²) in [6.07, 6.45) is 6.12. The Hall–Kier alpha value is -0.870. The van der Waals surface area contributed by atoms with Crippen molar-refractivity contribution >= 4 is 5.97 Å². The number of nitrogens with zero attached hydrogens (tertiary/aromatic N) is 2. The Balaban J connectivity index is 1.50. The Kier molecular flexibility index (Phi) is 4.24. The number of hydrogen-bond acceptors (Lipinski definition) is 4. The lowest BCUT2D eigenvalue weighted by Crippen LogP contribution is -2.48. The molecule has 134 valence electrons. The number of piperazine rings is 1. The largest absolute Gasteiger partial charge is 0.462 e. The molecule has 2 heterocycles. The quantitative estimate of drug-likeness (QED) is 0.575. The minimum absolute atomic E-state index is 0.0735. The van der Waals surface area contributed by atoms with Gasteiger partial charge in [-0.2, -0.15) is 0 Å². The molecule has 0 N–H and O–H groups in total. The van der Waals surface area contributed by atoms with Gasteiger partial charge in [0, 0.05) is 38.6 Å². The van der Waals surface area contributed by atoms with Crippen LogP contribution in [0.4, 0.5) is 0 Å². The maximum Gasteiger partial charge on any atom is 0.310 e. The van der Waals surface area contributed by atoms with Crippen LogP contribution in [0.5, 0.6) is 0 Å². The molecule has 0 amide bonds. The van der Waals surface area contributed by atoms with Crippen LogP contribution >= 0.6 is 0 Å². The first-order chi connectivity index (χ1) is 11.5. The highest BCUT2D eigenvalue weighted by Gasteiger charge is 2.53. The van der Waals surface area contributed by atoms with Gasteiger partial charge >= 0.3 is 5.97 Å². The smallest absolute Gasteiger partial charge is 0.310 e. The molecule has 24 heavy (non-hydrogen) atoms. The molecule has 2 aliphatic heterocycles. The fraction of sp³-hybridized carbons (Fsp3) is 0.850. The van der Waals surface area contributed by atoms with E-state index >= 15 is 0 Å². The van der Waals surface area contributed by atoms with E-state index in [-0.39, 0.29) is 23.4 Å². The highest BCUT2D eigenvalue weighted by molar-refractivity contribution is 5.76. The minimum atomic E-state index is 0.0735. The van der Waals surface area contributed by atoms with Crippen molar-refractivity contribution in [1.82, 2.24) is 9.80 Å². The van der Waals surface area contributed by atoms with E-state index in [4.69, 9.17) is 4.74 Å². The Morgan fingerprint density at radius 2 is 2.00 bits per heavy atom. The van der Waals surface area contributed by atoms with Gasteiger partial charge in [0.05, 0.1) is 5.92 Å². The molecule has 1 saturated carbocycles. The van der Waals surface area contributed by atoms with Crippen molar-refractivity contribution in [2.45, 2.75) is 52.1 Å². The maximum atomic E-state index is 12.6. The van der Waals surface area contributed by atoms with Crippen molar-refractivity contribution in [3.63, 3.8) is 0 Å². The van der Waals surface area contributed by atoms with Gasteiger partial charge < -0.3 is 9.64 Å². The first-order valence-corrected chi connectivity index (χ1v) is 9.77. The van der Waals surface area contributed by atoms with Crippen LogP contribution in [0.2, 0.25) is 0 Å². The molecular weight excluding hydrogens is 300 g/mol. The molecule has 0 radical (unpaired) electrons. The van der Waals surface area contributed by atoms with Crippen LogP contribution in [0.1, 0.15) is 46.0 Å². The lowest BCUT2D eigenvalue weighted by molar-refractivity contribution is -0.145. The van der Waals surface area contributed by atoms with Gasteiger partial charge in [0.2, 0.25) is 0 Å². The molecule has 2 saturated heterocycles. The Labute approximate surface area is 146 Å². The van der Waals surface area contributed by atoms with E-state index < -0.39 is 0 Å². The molecule has 3 fully saturated rings. The van der Waals surface area contributed by atoms with E-state index in [0.717, 1.165) is 45.6 Å². The van der Waals surface area contributed by atoms with Crippen LogP contribution in [-0.2, 0) is 9.53 Å². The van der Waals surface area contributed by atoms with Crippen LogP contribution in [0.3, 0.4) is 0 Å². The van der Waals surface area contributed by atoms with Gasteiger partial charge in [0.15, 0.2) is 0 Å². The molecule has 1 unspecified atom stereocenters. The zero-order valence-corrected chi connectivity index (χ0v) is 15.5. The average molecular weight is 332 g/mol. The molecule has 4 heteroatoms. The predicted molar refractivity (Wildman–Crippen MR) is 94.7 cm³/mol. The third kappa shape index (κ3) is 2.82. The van der Waals surface area contributed by atoms with Crippen LogP contribution in [-0.4, -0.2) is 61.6 Å². The summed E-state index contributed by atoms with van der Waals surface area (Å²) < 4.78 is 5.89. The van der Waals surface area contributed by atoms with Gasteiger partial charge in [-0.1, -0.05) is 18.1 Å². The van der Waals surface area contributed by atoms with Gasteiger partial charge in [-0.25, -0.2) is 0 Å². The van der Waals surface area contributed by atoms with E-state index in [0.29, 0.717) is 5.92 Å². The van der Waals surface area contributed by atoms with E-state index in [1.807, 2.05) is 0 Å². The van der Waals surface area contributed by atoms with Crippen molar-refractivity contribution in [1.29, 1.82) is 0 Å². The second-order valence-electron chi connectivity index (χ2n) is 8.93. The zero-order valence-electron chi connectivity index (χ0n) is 15.5. The highest BCUT2D eigenvalue weighted by atomic mass is 16.6. The number of rotatable bonds is 2. The molecule has 0 spiro atoms. The molecule has 4 nitrogen and oxygen atoms in total. The third-order valence-electron chi connectivity index (χ3n) is 7.23. The van der Waals surface area contributed by atoms with Crippen LogP contribution < -0.4 is 0 Å². The molecule has 4 atom stereocenters. The summed E-state index contributed by atoms with van der Waals surface area (Å²) in [5, 5.41) is 0. The first kappa shape index (κ1) is 16.6. The van der Waals surface area contributed by atoms with Crippen molar-refractivity contribution in [3.8, 4) is 0 Å². The number of carbonyl (C=O) groups excluding carboxylic acids is 1. The summed E-state index contributed by atoms with van der Waals surface area (Å²) in [4.78, 5) is 17.4. The fourth-order valence-electron chi connectivity index (χ4n) is 5.63. The number of esters is 1. The molecule has 0 aromatic rings. The van der Waals surface area contributed by atoms with E-state index in [1.54, 1.807) is 11.1 Å². The van der Waals surface area contributed by atoms with Gasteiger partial charge in [-0.05, 0) is 51.5 Å². The van der Waals surface area contributed by atoms with Crippen molar-refractivity contribution < 1.29 is 9.53 Å². The summed E-state index contributed by atoms with van der Waals surface area (Å²) in [7, 11) is 2.18. The maximum absolute atomic E-state index is 12.6. The van der Waals surface area contributed by atoms with Crippen molar-refractivity contribution in [2.75, 3.05) is 39.8 Å². The lowest BCUT2D eigenvalue weighted by atomic mass is 9.59. The number of likely N-dealkylation sites (N-methyl/N-ethyl adjacent to an activating group) is 1. The van der Waals surface area contributed by atoms with Gasteiger partial charge in [-0.15, -0.1) is 0 Å². The molecular formula is C20H32N2O2. The van der Waals surface area contributed by atoms with E-state index in [9.17, 15) is 4.79 Å². The van der Waals surface area contributed by atoms with E-state index in [1.165, 1.54) is 19.3 Å². The second-order valence-corrected chi connectivity index (χ2v) is 8.93. The molecule has 0 bridgehead atoms. The zero-order chi connectivity index (χ0) is 16.9. The van der Waals surface area contributed by atoms with Crippen molar-refractivity contribution in [3.05, 3.63) is 11.1 Å². The summed E-state index contributed by atoms with van der Waals surface area (Å²) in [6, 6.07) is 0. The standard InChI is InChI=1S/C20H32N2O2/c1-14-5-4-6-20(2)12-18-15(11-17(14)20)16(19(23)24-18)13-22-9-7-21(3)8-10-22/h15-16,18H,4-13H2,1-3H3/t15-,16?,18-,20-/m1/s1. The minimum Gasteiger partial charge on any atom is -0.462 e. The lowest BCUT2D eigenvalue weighted by Gasteiger charge is -2.46. The Bertz CT molecular complexity index is 550. The number of carbonyl (C=O) groups is 1. The molecule has 4 aliphatic rings. The van der Waals surface area contributed by atoms with Gasteiger partial charge in [0.25, 0.3) is 0 Å². The van der Waals surface area contributed by atoms with Crippen molar-refractivity contribution in [2.24, 2.45) is 17.3 Å². The molecule has 2 aliphatic carbocycles. The number of allylic oxidation sites excluding steroid dienone is 2. The summed E-state index contributed by atoms with van der Waals surface area (Å²) >= 11 is 0. The summed E-state index contributed by atoms with van der Waals surface area (Å²) in [5.74, 6) is 0.572. The highest BCUT2D eigenvalue weighted by Crippen LogP contribution is 2.55. The van der Waals surface area contributed by atoms with Crippen LogP contribution in [0.15, 0.2) is 11.1 Å². The number of fused-ring (bicyclic) bond motifs is 2. The van der Waals surface area contributed by atoms with Gasteiger partial charge in [-0.3, -0.25) is 9.69 Å². The first-order valence-electron chi connectivity index (χ1n) is 9.77. The monoisotopic (exact) mass is 332 g/mol. The summed E-state index contributed by atoms with van der Waals surface area (Å²) in [6.45, 7) is 10.0. The molecule has 4 rings (SSSR count). The van der Waals surface area contributed by atoms with Gasteiger partial charge in [0.1, 0.15) is 6.10 Å². The number of hydrogen-bond donors (Lipinski definition) is 0. The second kappa shape index (κ2) is 6.14. The predicted octanol–water partition coefficient (Wildman–Crippen LogP) is 2.69. The molecule has 0 aromatic carbocycles.